The molecule has 1 atom stereocenters. The fourth-order valence-corrected chi connectivity index (χ4v) is 3.18. The summed E-state index contributed by atoms with van der Waals surface area (Å²) in [6, 6.07) is 2.15. The van der Waals surface area contributed by atoms with Gasteiger partial charge in [-0.2, -0.15) is 5.10 Å². The molecule has 0 unspecified atom stereocenters. The number of nitrogens with zero attached hydrogens (tertiary/aromatic N) is 4. The lowest BCUT2D eigenvalue weighted by molar-refractivity contribution is 0.0777. The van der Waals surface area contributed by atoms with Crippen LogP contribution in [0.1, 0.15) is 34.4 Å². The molecule has 6 nitrogen and oxygen atoms in total. The average Bonchev–Trinajstić information content (AvgIpc) is 3.18. The predicted molar refractivity (Wildman–Crippen MR) is 81.3 cm³/mol. The molecule has 2 aromatic rings. The second kappa shape index (κ2) is 6.36. The summed E-state index contributed by atoms with van der Waals surface area (Å²) < 4.78 is 1.91. The highest BCUT2D eigenvalue weighted by Gasteiger charge is 2.19. The largest absolute Gasteiger partial charge is 0.334 e. The molecule has 0 aliphatic carbocycles. The molecular formula is C14H19N5OS. The number of carbonyl (C=O) groups is 1. The van der Waals surface area contributed by atoms with E-state index in [9.17, 15) is 4.79 Å². The first-order valence-electron chi connectivity index (χ1n) is 7.14. The lowest BCUT2D eigenvalue weighted by Gasteiger charge is -2.23. The van der Waals surface area contributed by atoms with Gasteiger partial charge in [-0.15, -0.1) is 11.3 Å². The van der Waals surface area contributed by atoms with E-state index in [-0.39, 0.29) is 5.91 Å². The zero-order valence-electron chi connectivity index (χ0n) is 12.0. The molecule has 3 rings (SSSR count). The molecule has 0 aromatic carbocycles. The number of amides is 1. The maximum absolute atomic E-state index is 12.4. The van der Waals surface area contributed by atoms with Crippen LogP contribution in [0.15, 0.2) is 23.8 Å². The van der Waals surface area contributed by atoms with Gasteiger partial charge in [0.2, 0.25) is 0 Å². The van der Waals surface area contributed by atoms with E-state index < -0.39 is 0 Å². The van der Waals surface area contributed by atoms with Crippen LogP contribution in [0.5, 0.6) is 0 Å². The molecule has 1 fully saturated rings. The first-order valence-corrected chi connectivity index (χ1v) is 8.01. The van der Waals surface area contributed by atoms with Gasteiger partial charge in [0.25, 0.3) is 5.91 Å². The van der Waals surface area contributed by atoms with E-state index in [1.165, 1.54) is 0 Å². The number of nitrogens with one attached hydrogen (secondary N) is 1. The molecule has 3 heterocycles. The van der Waals surface area contributed by atoms with Gasteiger partial charge in [0.15, 0.2) is 0 Å². The van der Waals surface area contributed by atoms with Crippen molar-refractivity contribution in [2.45, 2.75) is 25.4 Å². The summed E-state index contributed by atoms with van der Waals surface area (Å²) in [6.07, 6.45) is 5.92. The van der Waals surface area contributed by atoms with Gasteiger partial charge in [0.1, 0.15) is 10.7 Å². The zero-order valence-corrected chi connectivity index (χ0v) is 12.8. The maximum Gasteiger partial charge on any atom is 0.274 e. The van der Waals surface area contributed by atoms with Gasteiger partial charge in [0.05, 0.1) is 12.6 Å². The lowest BCUT2D eigenvalue weighted by Crippen LogP contribution is -2.32. The molecule has 21 heavy (non-hydrogen) atoms. The number of carbonyl (C=O) groups excluding carboxylic acids is 1. The smallest absolute Gasteiger partial charge is 0.274 e. The van der Waals surface area contributed by atoms with Gasteiger partial charge >= 0.3 is 0 Å². The van der Waals surface area contributed by atoms with Crippen molar-refractivity contribution in [2.24, 2.45) is 0 Å². The number of piperidine rings is 1. The van der Waals surface area contributed by atoms with Crippen LogP contribution in [0.2, 0.25) is 0 Å². The first kappa shape index (κ1) is 14.2. The Kier molecular flexibility index (Phi) is 4.31. The van der Waals surface area contributed by atoms with Crippen molar-refractivity contribution in [1.29, 1.82) is 0 Å². The van der Waals surface area contributed by atoms with Crippen LogP contribution in [-0.4, -0.2) is 45.7 Å². The molecule has 0 bridgehead atoms. The third-order valence-electron chi connectivity index (χ3n) is 3.68. The second-order valence-corrected chi connectivity index (χ2v) is 6.25. The van der Waals surface area contributed by atoms with Gasteiger partial charge < -0.3 is 10.2 Å². The maximum atomic E-state index is 12.4. The summed E-state index contributed by atoms with van der Waals surface area (Å²) in [4.78, 5) is 18.2. The molecule has 1 amide bonds. The van der Waals surface area contributed by atoms with Crippen molar-refractivity contribution in [3.63, 3.8) is 0 Å². The molecular weight excluding hydrogens is 286 g/mol. The van der Waals surface area contributed by atoms with Crippen LogP contribution in [0.3, 0.4) is 0 Å². The summed E-state index contributed by atoms with van der Waals surface area (Å²) in [7, 11) is 1.78. The minimum Gasteiger partial charge on any atom is -0.334 e. The standard InChI is InChI=1S/C14H19N5OS/c1-18(10-13-16-6-8-21-13)14(20)12-4-7-19(17-12)11-3-2-5-15-9-11/h4,6-8,11,15H,2-3,5,9-10H2,1H3/t11-/m0/s1. The molecule has 0 radical (unpaired) electrons. The SMILES string of the molecule is CN(Cc1nccs1)C(=O)c1ccn([C@H]2CCCNC2)n1. The Labute approximate surface area is 127 Å². The van der Waals surface area contributed by atoms with E-state index in [4.69, 9.17) is 0 Å². The Morgan fingerprint density at radius 3 is 3.24 bits per heavy atom. The first-order chi connectivity index (χ1) is 10.2. The van der Waals surface area contributed by atoms with Crippen molar-refractivity contribution < 1.29 is 4.79 Å². The van der Waals surface area contributed by atoms with Gasteiger partial charge in [0, 0.05) is 31.4 Å². The van der Waals surface area contributed by atoms with Crippen LogP contribution in [0.25, 0.3) is 0 Å². The molecule has 2 aromatic heterocycles. The minimum atomic E-state index is -0.0623. The normalized spacial score (nSPS) is 18.6. The minimum absolute atomic E-state index is 0.0623. The van der Waals surface area contributed by atoms with E-state index in [0.29, 0.717) is 18.3 Å². The third kappa shape index (κ3) is 3.30. The van der Waals surface area contributed by atoms with Crippen molar-refractivity contribution in [2.75, 3.05) is 20.1 Å². The van der Waals surface area contributed by atoms with Crippen molar-refractivity contribution >= 4 is 17.2 Å². The predicted octanol–water partition coefficient (Wildman–Crippen LogP) is 1.54. The average molecular weight is 305 g/mol. The second-order valence-electron chi connectivity index (χ2n) is 5.27. The van der Waals surface area contributed by atoms with Gasteiger partial charge in [-0.25, -0.2) is 4.98 Å². The van der Waals surface area contributed by atoms with E-state index in [1.54, 1.807) is 35.5 Å². The van der Waals surface area contributed by atoms with Crippen molar-refractivity contribution in [3.8, 4) is 0 Å². The molecule has 1 aliphatic rings. The Morgan fingerprint density at radius 2 is 2.52 bits per heavy atom. The Hall–Kier alpha value is -1.73. The summed E-state index contributed by atoms with van der Waals surface area (Å²) in [6.45, 7) is 2.51. The summed E-state index contributed by atoms with van der Waals surface area (Å²) in [5.74, 6) is -0.0623. The van der Waals surface area contributed by atoms with Crippen LogP contribution in [0, 0.1) is 0 Å². The highest BCUT2D eigenvalue weighted by atomic mass is 32.1. The molecule has 0 spiro atoms. The monoisotopic (exact) mass is 305 g/mol. The molecule has 112 valence electrons. The fourth-order valence-electron chi connectivity index (χ4n) is 2.52. The molecule has 1 N–H and O–H groups in total. The fraction of sp³-hybridized carbons (Fsp3) is 0.500. The summed E-state index contributed by atoms with van der Waals surface area (Å²) in [5.41, 5.74) is 0.500. The van der Waals surface area contributed by atoms with E-state index in [2.05, 4.69) is 15.4 Å². The quantitative estimate of drug-likeness (QED) is 0.930. The van der Waals surface area contributed by atoms with Crippen LogP contribution >= 0.6 is 11.3 Å². The number of aromatic nitrogens is 3. The topological polar surface area (TPSA) is 63.1 Å². The highest BCUT2D eigenvalue weighted by molar-refractivity contribution is 7.09. The Bertz CT molecular complexity index is 588. The van der Waals surface area contributed by atoms with Gasteiger partial charge in [-0.05, 0) is 25.5 Å². The van der Waals surface area contributed by atoms with Crippen LogP contribution in [-0.2, 0) is 6.54 Å². The third-order valence-corrected chi connectivity index (χ3v) is 4.44. The Balaban J connectivity index is 1.65. The van der Waals surface area contributed by atoms with E-state index >= 15 is 0 Å². The molecule has 0 saturated carbocycles. The van der Waals surface area contributed by atoms with Crippen molar-refractivity contribution in [1.82, 2.24) is 25.0 Å². The van der Waals surface area contributed by atoms with Gasteiger partial charge in [-0.1, -0.05) is 0 Å². The molecule has 1 aliphatic heterocycles. The van der Waals surface area contributed by atoms with Crippen LogP contribution < -0.4 is 5.32 Å². The lowest BCUT2D eigenvalue weighted by atomic mass is 10.1. The van der Waals surface area contributed by atoms with E-state index in [0.717, 1.165) is 30.9 Å². The van der Waals surface area contributed by atoms with E-state index in [1.807, 2.05) is 16.3 Å². The van der Waals surface area contributed by atoms with Crippen molar-refractivity contribution in [3.05, 3.63) is 34.5 Å². The number of thiazole rings is 1. The number of hydrogen-bond donors (Lipinski definition) is 1. The summed E-state index contributed by atoms with van der Waals surface area (Å²) >= 11 is 1.55. The summed E-state index contributed by atoms with van der Waals surface area (Å²) in [5, 5.41) is 10.7. The molecule has 1 saturated heterocycles. The van der Waals surface area contributed by atoms with Crippen LogP contribution in [0.4, 0.5) is 0 Å². The number of hydrogen-bond acceptors (Lipinski definition) is 5. The molecule has 7 heteroatoms. The zero-order chi connectivity index (χ0) is 14.7. The Morgan fingerprint density at radius 1 is 1.62 bits per heavy atom. The highest BCUT2D eigenvalue weighted by Crippen LogP contribution is 2.16. The van der Waals surface area contributed by atoms with Gasteiger partial charge in [-0.3, -0.25) is 9.48 Å². The number of rotatable bonds is 4.